The van der Waals surface area contributed by atoms with E-state index in [1.54, 1.807) is 0 Å². The zero-order valence-corrected chi connectivity index (χ0v) is 12.4. The molecular weight excluding hydrogens is 344 g/mol. The third kappa shape index (κ3) is 3.26. The molecule has 0 aliphatic carbocycles. The van der Waals surface area contributed by atoms with E-state index in [-0.39, 0.29) is 32.9 Å². The monoisotopic (exact) mass is 351 g/mol. The Hall–Kier alpha value is -2.26. The average molecular weight is 352 g/mol. The number of halogens is 3. The summed E-state index contributed by atoms with van der Waals surface area (Å²) in [5.41, 5.74) is 0.416. The second-order valence-electron chi connectivity index (χ2n) is 4.18. The molecule has 0 N–H and O–H groups in total. The molecule has 0 saturated carbocycles. The van der Waals surface area contributed by atoms with Crippen molar-refractivity contribution in [1.29, 1.82) is 5.26 Å². The smallest absolute Gasteiger partial charge is 0.201 e. The minimum atomic E-state index is -1.17. The molecule has 0 fully saturated rings. The summed E-state index contributed by atoms with van der Waals surface area (Å²) >= 11 is 3.03. The molecule has 2 aromatic rings. The molecule has 0 amide bonds. The Morgan fingerprint density at radius 1 is 1.24 bits per heavy atom. The van der Waals surface area contributed by atoms with E-state index in [1.165, 1.54) is 31.2 Å². The van der Waals surface area contributed by atoms with Gasteiger partial charge in [0.2, 0.25) is 5.82 Å². The van der Waals surface area contributed by atoms with Crippen molar-refractivity contribution in [1.82, 2.24) is 0 Å². The van der Waals surface area contributed by atoms with Crippen LogP contribution in [0.1, 0.15) is 22.8 Å². The molecule has 0 saturated heterocycles. The van der Waals surface area contributed by atoms with Gasteiger partial charge >= 0.3 is 0 Å². The van der Waals surface area contributed by atoms with Crippen LogP contribution in [0.4, 0.5) is 8.78 Å². The van der Waals surface area contributed by atoms with E-state index >= 15 is 0 Å². The maximum Gasteiger partial charge on any atom is 0.201 e. The Balaban J connectivity index is 2.53. The number of Topliss-reactive ketones (excluding diaryl/α,β-unsaturated/α-hetero) is 1. The Bertz CT molecular complexity index is 769. The number of ether oxygens (including phenoxy) is 1. The van der Waals surface area contributed by atoms with Gasteiger partial charge in [-0.2, -0.15) is 9.65 Å². The lowest BCUT2D eigenvalue weighted by Gasteiger charge is -2.11. The van der Waals surface area contributed by atoms with Crippen molar-refractivity contribution < 1.29 is 18.3 Å². The number of carbonyl (C=O) groups excluding carboxylic acids is 1. The number of benzene rings is 2. The fraction of sp³-hybridized carbons (Fsp3) is 0.0667. The third-order valence-electron chi connectivity index (χ3n) is 2.67. The zero-order chi connectivity index (χ0) is 15.6. The highest BCUT2D eigenvalue weighted by Crippen LogP contribution is 2.32. The van der Waals surface area contributed by atoms with E-state index in [9.17, 15) is 13.6 Å². The maximum absolute atomic E-state index is 13.7. The molecule has 106 valence electrons. The number of rotatable bonds is 3. The highest BCUT2D eigenvalue weighted by molar-refractivity contribution is 9.10. The van der Waals surface area contributed by atoms with E-state index in [0.29, 0.717) is 0 Å². The van der Waals surface area contributed by atoms with Crippen molar-refractivity contribution in [3.05, 3.63) is 57.6 Å². The van der Waals surface area contributed by atoms with Crippen molar-refractivity contribution in [2.24, 2.45) is 0 Å². The van der Waals surface area contributed by atoms with Gasteiger partial charge in [0, 0.05) is 4.47 Å². The first-order valence-corrected chi connectivity index (χ1v) is 6.59. The van der Waals surface area contributed by atoms with Gasteiger partial charge in [-0.05, 0) is 37.3 Å². The van der Waals surface area contributed by atoms with Gasteiger partial charge in [0.05, 0.1) is 17.2 Å². The summed E-state index contributed by atoms with van der Waals surface area (Å²) in [5, 5.41) is 8.87. The van der Waals surface area contributed by atoms with Gasteiger partial charge < -0.3 is 4.74 Å². The SMILES string of the molecule is CC(=O)c1ccc(C#N)cc1Oc1cc(Br)cc(F)c1F. The van der Waals surface area contributed by atoms with Gasteiger partial charge in [-0.1, -0.05) is 15.9 Å². The Morgan fingerprint density at radius 3 is 2.57 bits per heavy atom. The topological polar surface area (TPSA) is 50.1 Å². The van der Waals surface area contributed by atoms with E-state index in [1.807, 2.05) is 6.07 Å². The molecule has 0 aliphatic rings. The molecular formula is C15H8BrF2NO2. The first kappa shape index (κ1) is 15.1. The number of ketones is 1. The molecule has 0 atom stereocenters. The fourth-order valence-electron chi connectivity index (χ4n) is 1.69. The zero-order valence-electron chi connectivity index (χ0n) is 10.8. The second kappa shape index (κ2) is 6.02. The number of nitrogens with zero attached hydrogens (tertiary/aromatic N) is 1. The van der Waals surface area contributed by atoms with Crippen LogP contribution in [0.5, 0.6) is 11.5 Å². The Kier molecular flexibility index (Phi) is 4.34. The number of hydrogen-bond acceptors (Lipinski definition) is 3. The van der Waals surface area contributed by atoms with E-state index in [4.69, 9.17) is 10.00 Å². The van der Waals surface area contributed by atoms with Gasteiger partial charge in [0.25, 0.3) is 0 Å². The lowest BCUT2D eigenvalue weighted by molar-refractivity contribution is 0.101. The molecule has 0 radical (unpaired) electrons. The molecule has 0 aromatic heterocycles. The minimum Gasteiger partial charge on any atom is -0.453 e. The van der Waals surface area contributed by atoms with Gasteiger partial charge in [0.1, 0.15) is 5.75 Å². The van der Waals surface area contributed by atoms with Crippen LogP contribution >= 0.6 is 15.9 Å². The molecule has 2 aromatic carbocycles. The molecule has 0 unspecified atom stereocenters. The van der Waals surface area contributed by atoms with Crippen molar-refractivity contribution >= 4 is 21.7 Å². The Morgan fingerprint density at radius 2 is 1.95 bits per heavy atom. The first-order valence-electron chi connectivity index (χ1n) is 5.80. The quantitative estimate of drug-likeness (QED) is 0.600. The predicted octanol–water partition coefficient (Wildman–Crippen LogP) is 4.59. The lowest BCUT2D eigenvalue weighted by atomic mass is 10.1. The van der Waals surface area contributed by atoms with Crippen LogP contribution in [0.2, 0.25) is 0 Å². The number of nitriles is 1. The molecule has 21 heavy (non-hydrogen) atoms. The molecule has 3 nitrogen and oxygen atoms in total. The highest BCUT2D eigenvalue weighted by Gasteiger charge is 2.16. The standard InChI is InChI=1S/C15H8BrF2NO2/c1-8(20)11-3-2-9(7-19)4-13(11)21-14-6-10(16)5-12(17)15(14)18/h2-6H,1H3. The molecule has 0 aliphatic heterocycles. The first-order chi connectivity index (χ1) is 9.92. The van der Waals surface area contributed by atoms with Crippen molar-refractivity contribution in [2.75, 3.05) is 0 Å². The van der Waals surface area contributed by atoms with E-state index in [2.05, 4.69) is 15.9 Å². The molecule has 0 bridgehead atoms. The minimum absolute atomic E-state index is 0.00190. The molecule has 0 spiro atoms. The van der Waals surface area contributed by atoms with E-state index < -0.39 is 11.6 Å². The number of hydrogen-bond donors (Lipinski definition) is 0. The van der Waals surface area contributed by atoms with E-state index in [0.717, 1.165) is 6.07 Å². The lowest BCUT2D eigenvalue weighted by Crippen LogP contribution is -2.00. The average Bonchev–Trinajstić information content (AvgIpc) is 2.43. The van der Waals surface area contributed by atoms with Gasteiger partial charge in [-0.25, -0.2) is 4.39 Å². The van der Waals surface area contributed by atoms with Crippen molar-refractivity contribution in [2.45, 2.75) is 6.92 Å². The van der Waals surface area contributed by atoms with Crippen LogP contribution in [0, 0.1) is 23.0 Å². The van der Waals surface area contributed by atoms with Gasteiger partial charge in [0.15, 0.2) is 17.3 Å². The van der Waals surface area contributed by atoms with Gasteiger partial charge in [-0.3, -0.25) is 4.79 Å². The summed E-state index contributed by atoms with van der Waals surface area (Å²) < 4.78 is 32.6. The summed E-state index contributed by atoms with van der Waals surface area (Å²) in [6, 6.07) is 8.24. The summed E-state index contributed by atoms with van der Waals surface area (Å²) in [6.07, 6.45) is 0. The fourth-order valence-corrected chi connectivity index (χ4v) is 2.10. The summed E-state index contributed by atoms with van der Waals surface area (Å²) in [5.74, 6) is -2.95. The molecule has 2 rings (SSSR count). The molecule has 0 heterocycles. The van der Waals surface area contributed by atoms with Crippen LogP contribution in [0.3, 0.4) is 0 Å². The van der Waals surface area contributed by atoms with Crippen LogP contribution in [-0.4, -0.2) is 5.78 Å². The summed E-state index contributed by atoms with van der Waals surface area (Å²) in [7, 11) is 0. The van der Waals surface area contributed by atoms with Crippen LogP contribution in [0.15, 0.2) is 34.8 Å². The van der Waals surface area contributed by atoms with Crippen LogP contribution in [-0.2, 0) is 0 Å². The van der Waals surface area contributed by atoms with Gasteiger partial charge in [-0.15, -0.1) is 0 Å². The van der Waals surface area contributed by atoms with Crippen LogP contribution in [0.25, 0.3) is 0 Å². The van der Waals surface area contributed by atoms with Crippen molar-refractivity contribution in [3.63, 3.8) is 0 Å². The molecule has 6 heteroatoms. The Labute approximate surface area is 127 Å². The second-order valence-corrected chi connectivity index (χ2v) is 5.10. The number of carbonyl (C=O) groups is 1. The van der Waals surface area contributed by atoms with Crippen LogP contribution < -0.4 is 4.74 Å². The predicted molar refractivity (Wildman–Crippen MR) is 75.3 cm³/mol. The summed E-state index contributed by atoms with van der Waals surface area (Å²) in [6.45, 7) is 1.31. The third-order valence-corrected chi connectivity index (χ3v) is 3.13. The summed E-state index contributed by atoms with van der Waals surface area (Å²) in [4.78, 5) is 11.5. The largest absolute Gasteiger partial charge is 0.453 e. The normalized spacial score (nSPS) is 10.0. The highest BCUT2D eigenvalue weighted by atomic mass is 79.9. The van der Waals surface area contributed by atoms with Crippen molar-refractivity contribution in [3.8, 4) is 17.6 Å². The maximum atomic E-state index is 13.7.